The number of benzene rings is 3. The molecule has 1 aliphatic heterocycles. The van der Waals surface area contributed by atoms with E-state index in [-0.39, 0.29) is 13.1 Å². The summed E-state index contributed by atoms with van der Waals surface area (Å²) in [5.41, 5.74) is 8.91. The van der Waals surface area contributed by atoms with Crippen molar-refractivity contribution in [2.24, 2.45) is 5.92 Å². The first-order valence-electron chi connectivity index (χ1n) is 13.6. The summed E-state index contributed by atoms with van der Waals surface area (Å²) < 4.78 is 12.5. The van der Waals surface area contributed by atoms with Crippen LogP contribution in [0.5, 0.6) is 0 Å². The Hall–Kier alpha value is -3.46. The van der Waals surface area contributed by atoms with Gasteiger partial charge in [0.2, 0.25) is 0 Å². The number of carbonyl (C=O) groups is 1. The zero-order valence-corrected chi connectivity index (χ0v) is 22.7. The molecule has 5 rings (SSSR count). The maximum absolute atomic E-state index is 12.5. The zero-order valence-electron chi connectivity index (χ0n) is 21.9. The number of aryl methyl sites for hydroxylation is 1. The standard InChI is InChI=1S/C33H32ClFN2O2/c34-28-10-12-29(26(19-28)13-15-36)31-4-1-3-25-18-27(33(38)39)9-11-30(25)32(31)24-7-5-22(6-8-24)17-23-20-37(21-23)16-2-14-35/h5-12,18-19,23H,1-4,13-14,16-17,20-21H2,(H,38,39). The average Bonchev–Trinajstić information content (AvgIpc) is 3.09. The molecule has 0 unspecified atom stereocenters. The van der Waals surface area contributed by atoms with Crippen molar-refractivity contribution in [3.05, 3.63) is 105 Å². The lowest BCUT2D eigenvalue weighted by molar-refractivity contribution is 0.0696. The number of rotatable bonds is 9. The van der Waals surface area contributed by atoms with Crippen molar-refractivity contribution in [1.82, 2.24) is 4.90 Å². The summed E-state index contributed by atoms with van der Waals surface area (Å²) >= 11 is 6.31. The highest BCUT2D eigenvalue weighted by Gasteiger charge is 2.27. The fourth-order valence-electron chi connectivity index (χ4n) is 6.02. The summed E-state index contributed by atoms with van der Waals surface area (Å²) in [4.78, 5) is 14.0. The van der Waals surface area contributed by atoms with Crippen molar-refractivity contribution in [2.45, 2.75) is 38.5 Å². The number of alkyl halides is 1. The van der Waals surface area contributed by atoms with Gasteiger partial charge < -0.3 is 10.0 Å². The van der Waals surface area contributed by atoms with E-state index in [0.29, 0.717) is 22.9 Å². The predicted molar refractivity (Wildman–Crippen MR) is 154 cm³/mol. The fourth-order valence-corrected chi connectivity index (χ4v) is 6.22. The number of aromatic carboxylic acids is 1. The van der Waals surface area contributed by atoms with Crippen LogP contribution in [0.1, 0.15) is 63.0 Å². The molecule has 1 aliphatic carbocycles. The van der Waals surface area contributed by atoms with Gasteiger partial charge in [0.25, 0.3) is 0 Å². The van der Waals surface area contributed by atoms with Crippen LogP contribution in [0.3, 0.4) is 0 Å². The van der Waals surface area contributed by atoms with Gasteiger partial charge in [-0.1, -0.05) is 48.0 Å². The molecule has 2 aliphatic rings. The molecule has 39 heavy (non-hydrogen) atoms. The number of nitrogens with zero attached hydrogens (tertiary/aromatic N) is 2. The lowest BCUT2D eigenvalue weighted by Gasteiger charge is -2.39. The Morgan fingerprint density at radius 2 is 1.82 bits per heavy atom. The van der Waals surface area contributed by atoms with E-state index in [1.807, 2.05) is 24.3 Å². The Kier molecular flexibility index (Phi) is 8.45. The van der Waals surface area contributed by atoms with Gasteiger partial charge in [0, 0.05) is 24.7 Å². The molecule has 6 heteroatoms. The lowest BCUT2D eigenvalue weighted by Crippen LogP contribution is -2.47. The quantitative estimate of drug-likeness (QED) is 0.310. The normalized spacial score (nSPS) is 15.8. The highest BCUT2D eigenvalue weighted by atomic mass is 35.5. The van der Waals surface area contributed by atoms with Gasteiger partial charge in [-0.05, 0) is 107 Å². The van der Waals surface area contributed by atoms with Crippen molar-refractivity contribution >= 4 is 28.7 Å². The van der Waals surface area contributed by atoms with Gasteiger partial charge in [0.1, 0.15) is 0 Å². The van der Waals surface area contributed by atoms with Crippen molar-refractivity contribution in [3.63, 3.8) is 0 Å². The second kappa shape index (κ2) is 12.2. The van der Waals surface area contributed by atoms with Crippen LogP contribution in [0.15, 0.2) is 60.7 Å². The number of hydrogen-bond donors (Lipinski definition) is 1. The molecule has 0 bridgehead atoms. The number of nitriles is 1. The summed E-state index contributed by atoms with van der Waals surface area (Å²) in [5, 5.41) is 19.7. The molecule has 4 nitrogen and oxygen atoms in total. The topological polar surface area (TPSA) is 64.3 Å². The van der Waals surface area contributed by atoms with Gasteiger partial charge in [0.05, 0.1) is 24.7 Å². The minimum Gasteiger partial charge on any atom is -0.478 e. The van der Waals surface area contributed by atoms with Crippen molar-refractivity contribution in [1.29, 1.82) is 5.26 Å². The Balaban J connectivity index is 1.54. The van der Waals surface area contributed by atoms with E-state index in [1.54, 1.807) is 12.1 Å². The molecule has 0 spiro atoms. The van der Waals surface area contributed by atoms with Crippen LogP contribution in [0, 0.1) is 17.2 Å². The molecule has 3 aromatic rings. The fraction of sp³-hybridized carbons (Fsp3) is 0.333. The van der Waals surface area contributed by atoms with E-state index < -0.39 is 5.97 Å². The molecule has 1 fully saturated rings. The van der Waals surface area contributed by atoms with Gasteiger partial charge in [-0.25, -0.2) is 4.79 Å². The van der Waals surface area contributed by atoms with E-state index >= 15 is 0 Å². The first kappa shape index (κ1) is 27.1. The van der Waals surface area contributed by atoms with E-state index in [1.165, 1.54) is 5.56 Å². The molecule has 3 aromatic carbocycles. The van der Waals surface area contributed by atoms with Crippen LogP contribution in [0.4, 0.5) is 4.39 Å². The van der Waals surface area contributed by atoms with E-state index in [4.69, 9.17) is 11.6 Å². The van der Waals surface area contributed by atoms with Crippen molar-refractivity contribution in [3.8, 4) is 6.07 Å². The first-order valence-corrected chi connectivity index (χ1v) is 14.0. The largest absolute Gasteiger partial charge is 0.478 e. The van der Waals surface area contributed by atoms with Crippen LogP contribution >= 0.6 is 11.6 Å². The average molecular weight is 543 g/mol. The zero-order chi connectivity index (χ0) is 27.4. The molecule has 1 N–H and O–H groups in total. The molecule has 0 amide bonds. The summed E-state index contributed by atoms with van der Waals surface area (Å²) in [6.07, 6.45) is 4.34. The molecule has 1 saturated heterocycles. The van der Waals surface area contributed by atoms with Crippen LogP contribution in [0.25, 0.3) is 11.1 Å². The number of carboxylic acids is 1. The predicted octanol–water partition coefficient (Wildman–Crippen LogP) is 7.23. The van der Waals surface area contributed by atoms with Crippen LogP contribution in [-0.2, 0) is 19.3 Å². The second-order valence-electron chi connectivity index (χ2n) is 10.6. The maximum Gasteiger partial charge on any atom is 0.335 e. The number of carboxylic acid groups (broad SMARTS) is 1. The van der Waals surface area contributed by atoms with Crippen molar-refractivity contribution in [2.75, 3.05) is 26.3 Å². The first-order chi connectivity index (χ1) is 19.0. The van der Waals surface area contributed by atoms with E-state index in [9.17, 15) is 19.6 Å². The Bertz CT molecular complexity index is 1440. The van der Waals surface area contributed by atoms with Crippen LogP contribution in [-0.4, -0.2) is 42.3 Å². The highest BCUT2D eigenvalue weighted by Crippen LogP contribution is 2.41. The molecular formula is C33H32ClFN2O2. The van der Waals surface area contributed by atoms with E-state index in [2.05, 4.69) is 35.2 Å². The minimum atomic E-state index is -0.926. The van der Waals surface area contributed by atoms with Gasteiger partial charge in [-0.3, -0.25) is 4.39 Å². The second-order valence-corrected chi connectivity index (χ2v) is 11.0. The van der Waals surface area contributed by atoms with Crippen LogP contribution in [0.2, 0.25) is 5.02 Å². The monoisotopic (exact) mass is 542 g/mol. The number of likely N-dealkylation sites (tertiary alicyclic amines) is 1. The number of allylic oxidation sites excluding steroid dienone is 1. The van der Waals surface area contributed by atoms with Gasteiger partial charge in [0.15, 0.2) is 0 Å². The number of fused-ring (bicyclic) bond motifs is 1. The van der Waals surface area contributed by atoms with Gasteiger partial charge >= 0.3 is 5.97 Å². The lowest BCUT2D eigenvalue weighted by atomic mass is 9.84. The third-order valence-corrected chi connectivity index (χ3v) is 8.10. The summed E-state index contributed by atoms with van der Waals surface area (Å²) in [6.45, 7) is 2.63. The van der Waals surface area contributed by atoms with Crippen LogP contribution < -0.4 is 0 Å². The summed E-state index contributed by atoms with van der Waals surface area (Å²) in [5.74, 6) is -0.327. The van der Waals surface area contributed by atoms with Crippen molar-refractivity contribution < 1.29 is 14.3 Å². The molecule has 0 radical (unpaired) electrons. The maximum atomic E-state index is 12.5. The molecule has 0 saturated carbocycles. The molecule has 1 heterocycles. The molecular weight excluding hydrogens is 511 g/mol. The smallest absolute Gasteiger partial charge is 0.335 e. The Labute approximate surface area is 234 Å². The highest BCUT2D eigenvalue weighted by molar-refractivity contribution is 6.30. The molecule has 200 valence electrons. The SMILES string of the molecule is N#CCc1cc(Cl)ccc1C1=C(c2ccc(CC3CN(CCCF)C3)cc2)c2ccc(C(=O)O)cc2CCC1. The minimum absolute atomic E-state index is 0.255. The van der Waals surface area contributed by atoms with Gasteiger partial charge in [-0.15, -0.1) is 0 Å². The summed E-state index contributed by atoms with van der Waals surface area (Å²) in [6, 6.07) is 22.2. The number of hydrogen-bond acceptors (Lipinski definition) is 3. The van der Waals surface area contributed by atoms with E-state index in [0.717, 1.165) is 84.3 Å². The Morgan fingerprint density at radius 3 is 2.54 bits per heavy atom. The number of halogens is 2. The summed E-state index contributed by atoms with van der Waals surface area (Å²) in [7, 11) is 0. The molecule has 0 aromatic heterocycles. The van der Waals surface area contributed by atoms with Gasteiger partial charge in [-0.2, -0.15) is 5.26 Å². The third kappa shape index (κ3) is 6.08. The third-order valence-electron chi connectivity index (χ3n) is 7.87. The Morgan fingerprint density at radius 1 is 1.05 bits per heavy atom. The molecule has 0 atom stereocenters.